The fraction of sp³-hybridized carbons (Fsp3) is 0.167. The molecule has 8 heteroatoms. The number of carbonyl (C=O) groups excluding carboxylic acids is 3. The largest absolute Gasteiger partial charge is 0.458 e. The molecule has 0 fully saturated rings. The van der Waals surface area contributed by atoms with Gasteiger partial charge in [0.2, 0.25) is 0 Å². The van der Waals surface area contributed by atoms with E-state index in [0.29, 0.717) is 22.8 Å². The number of rotatable bonds is 6. The SMILES string of the molecule is Cc1ccc(C(=O)N/N=C\c2ccc(CNC(=O)C(=O)Nc3ccc(C)c(C)c3)o2)cc1. The van der Waals surface area contributed by atoms with Gasteiger partial charge in [0.1, 0.15) is 11.5 Å². The van der Waals surface area contributed by atoms with E-state index in [9.17, 15) is 14.4 Å². The second kappa shape index (κ2) is 10.2. The van der Waals surface area contributed by atoms with Gasteiger partial charge in [-0.25, -0.2) is 5.43 Å². The van der Waals surface area contributed by atoms with Crippen molar-refractivity contribution in [2.45, 2.75) is 27.3 Å². The molecule has 0 saturated carbocycles. The second-order valence-corrected chi connectivity index (χ2v) is 7.31. The summed E-state index contributed by atoms with van der Waals surface area (Å²) in [6.07, 6.45) is 1.35. The van der Waals surface area contributed by atoms with Crippen LogP contribution in [0.3, 0.4) is 0 Å². The summed E-state index contributed by atoms with van der Waals surface area (Å²) in [6.45, 7) is 5.86. The van der Waals surface area contributed by atoms with Gasteiger partial charge in [0.25, 0.3) is 5.91 Å². The molecule has 2 aromatic carbocycles. The van der Waals surface area contributed by atoms with E-state index in [4.69, 9.17) is 4.42 Å². The molecule has 0 aliphatic heterocycles. The van der Waals surface area contributed by atoms with Gasteiger partial charge in [0.15, 0.2) is 0 Å². The standard InChI is InChI=1S/C24H24N4O4/c1-15-4-7-18(8-5-15)22(29)28-26-14-21-11-10-20(32-21)13-25-23(30)24(31)27-19-9-6-16(2)17(3)12-19/h4-12,14H,13H2,1-3H3,(H,25,30)(H,27,31)(H,28,29)/b26-14-. The van der Waals surface area contributed by atoms with E-state index in [-0.39, 0.29) is 12.5 Å². The van der Waals surface area contributed by atoms with Crippen LogP contribution < -0.4 is 16.1 Å². The molecular formula is C24H24N4O4. The summed E-state index contributed by atoms with van der Waals surface area (Å²) in [6, 6.07) is 15.8. The predicted molar refractivity (Wildman–Crippen MR) is 121 cm³/mol. The Hall–Kier alpha value is -4.20. The number of hydrogen-bond acceptors (Lipinski definition) is 5. The number of carbonyl (C=O) groups is 3. The molecule has 3 N–H and O–H groups in total. The van der Waals surface area contributed by atoms with E-state index in [0.717, 1.165) is 16.7 Å². The fourth-order valence-corrected chi connectivity index (χ4v) is 2.74. The molecule has 3 rings (SSSR count). The lowest BCUT2D eigenvalue weighted by molar-refractivity contribution is -0.136. The first kappa shape index (κ1) is 22.5. The van der Waals surface area contributed by atoms with Gasteiger partial charge in [-0.15, -0.1) is 0 Å². The van der Waals surface area contributed by atoms with Crippen molar-refractivity contribution in [2.24, 2.45) is 5.10 Å². The van der Waals surface area contributed by atoms with Crippen molar-refractivity contribution in [1.82, 2.24) is 10.7 Å². The molecule has 1 heterocycles. The van der Waals surface area contributed by atoms with E-state index in [1.807, 2.05) is 39.0 Å². The van der Waals surface area contributed by atoms with E-state index in [2.05, 4.69) is 21.2 Å². The van der Waals surface area contributed by atoms with Crippen LogP contribution in [0.1, 0.15) is 38.6 Å². The lowest BCUT2D eigenvalue weighted by atomic mass is 10.1. The number of amides is 3. The zero-order valence-corrected chi connectivity index (χ0v) is 18.1. The Morgan fingerprint density at radius 1 is 0.906 bits per heavy atom. The molecule has 8 nitrogen and oxygen atoms in total. The first-order valence-electron chi connectivity index (χ1n) is 9.97. The Kier molecular flexibility index (Phi) is 7.17. The van der Waals surface area contributed by atoms with Gasteiger partial charge in [-0.05, 0) is 68.3 Å². The van der Waals surface area contributed by atoms with Crippen molar-refractivity contribution in [3.63, 3.8) is 0 Å². The first-order valence-corrected chi connectivity index (χ1v) is 9.97. The zero-order valence-electron chi connectivity index (χ0n) is 18.1. The Morgan fingerprint density at radius 3 is 2.38 bits per heavy atom. The van der Waals surface area contributed by atoms with Crippen LogP contribution in [-0.2, 0) is 16.1 Å². The number of benzene rings is 2. The number of aryl methyl sites for hydroxylation is 3. The van der Waals surface area contributed by atoms with Crippen molar-refractivity contribution < 1.29 is 18.8 Å². The molecule has 3 aromatic rings. The van der Waals surface area contributed by atoms with Crippen LogP contribution in [0.15, 0.2) is 64.1 Å². The molecule has 0 bridgehead atoms. The number of hydrazone groups is 1. The first-order chi connectivity index (χ1) is 15.3. The molecule has 32 heavy (non-hydrogen) atoms. The fourth-order valence-electron chi connectivity index (χ4n) is 2.74. The molecule has 0 unspecified atom stereocenters. The maximum atomic E-state index is 12.1. The van der Waals surface area contributed by atoms with Gasteiger partial charge in [-0.3, -0.25) is 14.4 Å². The minimum absolute atomic E-state index is 0.0305. The maximum Gasteiger partial charge on any atom is 0.313 e. The molecular weight excluding hydrogens is 408 g/mol. The van der Waals surface area contributed by atoms with Gasteiger partial charge in [-0.1, -0.05) is 23.8 Å². The molecule has 0 spiro atoms. The van der Waals surface area contributed by atoms with E-state index < -0.39 is 11.8 Å². The van der Waals surface area contributed by atoms with Gasteiger partial charge >= 0.3 is 11.8 Å². The minimum atomic E-state index is -0.778. The van der Waals surface area contributed by atoms with Gasteiger partial charge in [0, 0.05) is 11.3 Å². The third-order valence-corrected chi connectivity index (χ3v) is 4.75. The van der Waals surface area contributed by atoms with Crippen molar-refractivity contribution in [1.29, 1.82) is 0 Å². The number of furan rings is 1. The van der Waals surface area contributed by atoms with Crippen LogP contribution in [0, 0.1) is 20.8 Å². The van der Waals surface area contributed by atoms with Crippen molar-refractivity contribution in [3.05, 3.63) is 88.4 Å². The quantitative estimate of drug-likeness (QED) is 0.315. The number of anilines is 1. The predicted octanol–water partition coefficient (Wildman–Crippen LogP) is 3.22. The third-order valence-electron chi connectivity index (χ3n) is 4.75. The van der Waals surface area contributed by atoms with Crippen molar-refractivity contribution in [2.75, 3.05) is 5.32 Å². The monoisotopic (exact) mass is 432 g/mol. The highest BCUT2D eigenvalue weighted by molar-refractivity contribution is 6.39. The maximum absolute atomic E-state index is 12.1. The second-order valence-electron chi connectivity index (χ2n) is 7.31. The molecule has 0 aliphatic rings. The van der Waals surface area contributed by atoms with Crippen LogP contribution in [0.4, 0.5) is 5.69 Å². The average Bonchev–Trinajstić information content (AvgIpc) is 3.22. The Balaban J connectivity index is 1.46. The lowest BCUT2D eigenvalue weighted by Crippen LogP contribution is -2.34. The summed E-state index contributed by atoms with van der Waals surface area (Å²) in [5.74, 6) is -1.06. The Labute approximate surface area is 185 Å². The van der Waals surface area contributed by atoms with Crippen LogP contribution in [0.5, 0.6) is 0 Å². The molecule has 0 aliphatic carbocycles. The van der Waals surface area contributed by atoms with Crippen molar-refractivity contribution in [3.8, 4) is 0 Å². The highest BCUT2D eigenvalue weighted by atomic mass is 16.3. The molecule has 0 atom stereocenters. The van der Waals surface area contributed by atoms with E-state index >= 15 is 0 Å². The van der Waals surface area contributed by atoms with Crippen LogP contribution in [-0.4, -0.2) is 23.9 Å². The average molecular weight is 432 g/mol. The van der Waals surface area contributed by atoms with Crippen LogP contribution >= 0.6 is 0 Å². The number of nitrogens with one attached hydrogen (secondary N) is 3. The molecule has 0 saturated heterocycles. The molecule has 3 amide bonds. The van der Waals surface area contributed by atoms with Gasteiger partial charge in [0.05, 0.1) is 12.8 Å². The number of hydrogen-bond donors (Lipinski definition) is 3. The van der Waals surface area contributed by atoms with Crippen molar-refractivity contribution >= 4 is 29.6 Å². The van der Waals surface area contributed by atoms with Crippen LogP contribution in [0.2, 0.25) is 0 Å². The topological polar surface area (TPSA) is 113 Å². The lowest BCUT2D eigenvalue weighted by Gasteiger charge is -2.07. The Bertz CT molecular complexity index is 1160. The number of nitrogens with zero attached hydrogens (tertiary/aromatic N) is 1. The normalized spacial score (nSPS) is 10.7. The van der Waals surface area contributed by atoms with E-state index in [1.54, 1.807) is 36.4 Å². The molecule has 1 aromatic heterocycles. The van der Waals surface area contributed by atoms with Gasteiger partial charge in [-0.2, -0.15) is 5.10 Å². The summed E-state index contributed by atoms with van der Waals surface area (Å²) in [7, 11) is 0. The summed E-state index contributed by atoms with van der Waals surface area (Å²) in [4.78, 5) is 36.1. The molecule has 0 radical (unpaired) electrons. The zero-order chi connectivity index (χ0) is 23.1. The smallest absolute Gasteiger partial charge is 0.313 e. The third kappa shape index (κ3) is 6.15. The van der Waals surface area contributed by atoms with E-state index in [1.165, 1.54) is 6.21 Å². The summed E-state index contributed by atoms with van der Waals surface area (Å²) < 4.78 is 5.52. The van der Waals surface area contributed by atoms with Crippen LogP contribution in [0.25, 0.3) is 0 Å². The summed E-state index contributed by atoms with van der Waals surface area (Å²) in [5.41, 5.74) is 6.64. The highest BCUT2D eigenvalue weighted by Crippen LogP contribution is 2.14. The Morgan fingerprint density at radius 2 is 1.66 bits per heavy atom. The highest BCUT2D eigenvalue weighted by Gasteiger charge is 2.14. The summed E-state index contributed by atoms with van der Waals surface area (Å²) in [5, 5.41) is 8.93. The molecule has 164 valence electrons. The minimum Gasteiger partial charge on any atom is -0.458 e. The summed E-state index contributed by atoms with van der Waals surface area (Å²) >= 11 is 0. The van der Waals surface area contributed by atoms with Gasteiger partial charge < -0.3 is 15.1 Å².